The normalized spacial score (nSPS) is 14.8. The molecular formula is C26H29F3N6O2. The van der Waals surface area contributed by atoms with Gasteiger partial charge >= 0.3 is 0 Å². The molecule has 2 heterocycles. The Balaban J connectivity index is 1.51. The number of amides is 2. The van der Waals surface area contributed by atoms with E-state index in [9.17, 15) is 22.8 Å². The van der Waals surface area contributed by atoms with Crippen molar-refractivity contribution in [1.29, 1.82) is 0 Å². The zero-order chi connectivity index (χ0) is 26.6. The first-order chi connectivity index (χ1) is 17.6. The number of pyridine rings is 1. The Morgan fingerprint density at radius 3 is 2.59 bits per heavy atom. The minimum atomic E-state index is -3.16. The van der Waals surface area contributed by atoms with E-state index in [-0.39, 0.29) is 22.8 Å². The van der Waals surface area contributed by atoms with Gasteiger partial charge in [0, 0.05) is 37.6 Å². The molecule has 3 N–H and O–H groups in total. The number of nitrogens with zero attached hydrogens (tertiary/aromatic N) is 3. The van der Waals surface area contributed by atoms with Crippen LogP contribution in [0.2, 0.25) is 0 Å². The summed E-state index contributed by atoms with van der Waals surface area (Å²) in [5, 5.41) is 12.3. The highest BCUT2D eigenvalue weighted by molar-refractivity contribution is 6.01. The lowest BCUT2D eigenvalue weighted by atomic mass is 9.97. The molecule has 8 nitrogen and oxygen atoms in total. The van der Waals surface area contributed by atoms with E-state index in [0.717, 1.165) is 44.7 Å². The average molecular weight is 515 g/mol. The second kappa shape index (κ2) is 11.0. The molecule has 0 aliphatic heterocycles. The molecule has 4 rings (SSSR count). The number of hydrogen-bond donors (Lipinski definition) is 3. The standard InChI is InChI=1S/C26H29F3N6O2/c1-26(28,29)23-13-18(9-10-30-23)32-21-12-17(7-8-20(21)27)24(36)34-22(11-16-5-3-4-6-16)25(37)33-19-14-31-35(2)15-19/h7-10,12-16,22H,3-6,11H2,1-2H3,(H,30,32)(H,33,37)(H,34,36)/t22-/m0/s1. The van der Waals surface area contributed by atoms with Gasteiger partial charge < -0.3 is 16.0 Å². The molecule has 1 saturated carbocycles. The lowest BCUT2D eigenvalue weighted by Gasteiger charge is -2.21. The van der Waals surface area contributed by atoms with Crippen molar-refractivity contribution in [2.45, 2.75) is 51.0 Å². The summed E-state index contributed by atoms with van der Waals surface area (Å²) in [4.78, 5) is 29.8. The summed E-state index contributed by atoms with van der Waals surface area (Å²) in [6.07, 6.45) is 9.00. The maximum absolute atomic E-state index is 14.5. The molecule has 1 fully saturated rings. The molecule has 0 saturated heterocycles. The van der Waals surface area contributed by atoms with Crippen LogP contribution in [0.1, 0.15) is 55.1 Å². The van der Waals surface area contributed by atoms with Crippen molar-refractivity contribution >= 4 is 28.9 Å². The minimum absolute atomic E-state index is 0.0728. The van der Waals surface area contributed by atoms with E-state index >= 15 is 0 Å². The van der Waals surface area contributed by atoms with Crippen LogP contribution < -0.4 is 16.0 Å². The van der Waals surface area contributed by atoms with Crippen molar-refractivity contribution in [2.24, 2.45) is 13.0 Å². The minimum Gasteiger partial charge on any atom is -0.353 e. The van der Waals surface area contributed by atoms with E-state index in [0.29, 0.717) is 18.0 Å². The van der Waals surface area contributed by atoms with E-state index in [1.54, 1.807) is 17.9 Å². The Kier molecular flexibility index (Phi) is 7.80. The molecule has 37 heavy (non-hydrogen) atoms. The number of rotatable bonds is 9. The van der Waals surface area contributed by atoms with Crippen LogP contribution in [-0.2, 0) is 17.8 Å². The number of hydrogen-bond acceptors (Lipinski definition) is 5. The zero-order valence-corrected chi connectivity index (χ0v) is 20.6. The van der Waals surface area contributed by atoms with Gasteiger partial charge in [0.15, 0.2) is 0 Å². The maximum atomic E-state index is 14.5. The number of aromatic nitrogens is 3. The van der Waals surface area contributed by atoms with Gasteiger partial charge in [-0.05, 0) is 42.7 Å². The molecular weight excluding hydrogens is 485 g/mol. The van der Waals surface area contributed by atoms with Crippen LogP contribution in [-0.4, -0.2) is 32.6 Å². The summed E-state index contributed by atoms with van der Waals surface area (Å²) in [5.74, 6) is -4.44. The molecule has 0 spiro atoms. The van der Waals surface area contributed by atoms with Crippen molar-refractivity contribution in [1.82, 2.24) is 20.1 Å². The predicted octanol–water partition coefficient (Wildman–Crippen LogP) is 5.13. The Hall–Kier alpha value is -3.89. The van der Waals surface area contributed by atoms with Crippen LogP contribution in [0.3, 0.4) is 0 Å². The van der Waals surface area contributed by atoms with Crippen molar-refractivity contribution in [3.63, 3.8) is 0 Å². The average Bonchev–Trinajstić information content (AvgIpc) is 3.51. The predicted molar refractivity (Wildman–Crippen MR) is 133 cm³/mol. The number of halogens is 3. The molecule has 1 aliphatic carbocycles. The van der Waals surface area contributed by atoms with E-state index < -0.39 is 29.4 Å². The molecule has 0 bridgehead atoms. The quantitative estimate of drug-likeness (QED) is 0.368. The lowest BCUT2D eigenvalue weighted by Crippen LogP contribution is -2.44. The zero-order valence-electron chi connectivity index (χ0n) is 20.6. The summed E-state index contributed by atoms with van der Waals surface area (Å²) in [6, 6.07) is 5.43. The number of carbonyl (C=O) groups is 2. The van der Waals surface area contributed by atoms with Gasteiger partial charge in [0.2, 0.25) is 5.91 Å². The van der Waals surface area contributed by atoms with Crippen molar-refractivity contribution in [3.05, 3.63) is 66.0 Å². The molecule has 3 aromatic rings. The first-order valence-corrected chi connectivity index (χ1v) is 12.1. The van der Waals surface area contributed by atoms with Crippen LogP contribution in [0.4, 0.5) is 30.2 Å². The monoisotopic (exact) mass is 514 g/mol. The number of carbonyl (C=O) groups excluding carboxylic acids is 2. The van der Waals surface area contributed by atoms with E-state index in [1.807, 2.05) is 0 Å². The third kappa shape index (κ3) is 6.87. The Morgan fingerprint density at radius 2 is 1.92 bits per heavy atom. The van der Waals surface area contributed by atoms with Gasteiger partial charge in [0.1, 0.15) is 17.6 Å². The fourth-order valence-electron chi connectivity index (χ4n) is 4.43. The molecule has 1 atom stereocenters. The van der Waals surface area contributed by atoms with E-state index in [2.05, 4.69) is 26.0 Å². The van der Waals surface area contributed by atoms with Gasteiger partial charge in [0.05, 0.1) is 17.6 Å². The SMILES string of the molecule is Cn1cc(NC(=O)[C@H](CC2CCCC2)NC(=O)c2ccc(F)c(Nc3ccnc(C(C)(F)F)c3)c2)cn1. The first-order valence-electron chi connectivity index (χ1n) is 12.1. The van der Waals surface area contributed by atoms with Crippen molar-refractivity contribution in [3.8, 4) is 0 Å². The number of aryl methyl sites for hydroxylation is 1. The number of anilines is 3. The fourth-order valence-corrected chi connectivity index (χ4v) is 4.43. The number of nitrogens with one attached hydrogen (secondary N) is 3. The van der Waals surface area contributed by atoms with Crippen LogP contribution >= 0.6 is 0 Å². The molecule has 0 radical (unpaired) electrons. The lowest BCUT2D eigenvalue weighted by molar-refractivity contribution is -0.118. The summed E-state index contributed by atoms with van der Waals surface area (Å²) < 4.78 is 43.4. The van der Waals surface area contributed by atoms with Gasteiger partial charge in [-0.2, -0.15) is 13.9 Å². The third-order valence-electron chi connectivity index (χ3n) is 6.36. The Labute approximate surface area is 212 Å². The topological polar surface area (TPSA) is 101 Å². The van der Waals surface area contributed by atoms with Crippen LogP contribution in [0.25, 0.3) is 0 Å². The van der Waals surface area contributed by atoms with Gasteiger partial charge in [-0.3, -0.25) is 19.3 Å². The van der Waals surface area contributed by atoms with Crippen LogP contribution in [0, 0.1) is 11.7 Å². The highest BCUT2D eigenvalue weighted by Gasteiger charge is 2.28. The Bertz CT molecular complexity index is 1270. The summed E-state index contributed by atoms with van der Waals surface area (Å²) >= 11 is 0. The highest BCUT2D eigenvalue weighted by Crippen LogP contribution is 2.30. The first kappa shape index (κ1) is 26.2. The molecule has 2 amide bonds. The molecule has 2 aromatic heterocycles. The third-order valence-corrected chi connectivity index (χ3v) is 6.36. The van der Waals surface area contributed by atoms with Gasteiger partial charge in [-0.1, -0.05) is 25.7 Å². The number of alkyl halides is 2. The second-order valence-electron chi connectivity index (χ2n) is 9.44. The summed E-state index contributed by atoms with van der Waals surface area (Å²) in [7, 11) is 1.73. The molecule has 0 unspecified atom stereocenters. The largest absolute Gasteiger partial charge is 0.353 e. The van der Waals surface area contributed by atoms with Gasteiger partial charge in [-0.15, -0.1) is 0 Å². The molecule has 1 aliphatic rings. The maximum Gasteiger partial charge on any atom is 0.287 e. The van der Waals surface area contributed by atoms with Gasteiger partial charge in [-0.25, -0.2) is 4.39 Å². The van der Waals surface area contributed by atoms with Crippen LogP contribution in [0.5, 0.6) is 0 Å². The molecule has 11 heteroatoms. The van der Waals surface area contributed by atoms with Gasteiger partial charge in [0.25, 0.3) is 11.8 Å². The summed E-state index contributed by atoms with van der Waals surface area (Å²) in [5.41, 5.74) is 0.279. The van der Waals surface area contributed by atoms with Crippen molar-refractivity contribution in [2.75, 3.05) is 10.6 Å². The van der Waals surface area contributed by atoms with Crippen LogP contribution in [0.15, 0.2) is 48.9 Å². The second-order valence-corrected chi connectivity index (χ2v) is 9.44. The molecule has 196 valence electrons. The Morgan fingerprint density at radius 1 is 1.16 bits per heavy atom. The highest BCUT2D eigenvalue weighted by atomic mass is 19.3. The fraction of sp³-hybridized carbons (Fsp3) is 0.385. The summed E-state index contributed by atoms with van der Waals surface area (Å²) in [6.45, 7) is 0.719. The number of benzene rings is 1. The van der Waals surface area contributed by atoms with Crippen molar-refractivity contribution < 1.29 is 22.8 Å². The van der Waals surface area contributed by atoms with E-state index in [1.165, 1.54) is 30.6 Å². The smallest absolute Gasteiger partial charge is 0.287 e. The van der Waals surface area contributed by atoms with E-state index in [4.69, 9.17) is 0 Å². The molecule has 1 aromatic carbocycles.